The summed E-state index contributed by atoms with van der Waals surface area (Å²) < 4.78 is 12.9. The van der Waals surface area contributed by atoms with E-state index in [-0.39, 0.29) is 24.3 Å². The van der Waals surface area contributed by atoms with Crippen LogP contribution < -0.4 is 19.6 Å². The largest absolute Gasteiger partial charge is 0.487 e. The Labute approximate surface area is 226 Å². The minimum atomic E-state index is -0.810. The van der Waals surface area contributed by atoms with Gasteiger partial charge in [-0.15, -0.1) is 0 Å². The molecule has 3 aromatic rings. The number of allylic oxidation sites excluding steroid dienone is 1. The predicted molar refractivity (Wildman–Crippen MR) is 144 cm³/mol. The lowest BCUT2D eigenvalue weighted by molar-refractivity contribution is -0.139. The summed E-state index contributed by atoms with van der Waals surface area (Å²) in [6.45, 7) is 7.49. The molecule has 0 unspecified atom stereocenters. The van der Waals surface area contributed by atoms with Crippen LogP contribution in [0.3, 0.4) is 0 Å². The summed E-state index contributed by atoms with van der Waals surface area (Å²) in [6, 6.07) is 9.48. The van der Waals surface area contributed by atoms with Crippen LogP contribution in [-0.2, 0) is 9.53 Å². The van der Waals surface area contributed by atoms with Gasteiger partial charge in [-0.3, -0.25) is 9.36 Å². The molecule has 1 aliphatic rings. The van der Waals surface area contributed by atoms with Crippen molar-refractivity contribution in [3.63, 3.8) is 0 Å². The molecule has 36 heavy (non-hydrogen) atoms. The third-order valence-corrected chi connectivity index (χ3v) is 7.21. The lowest BCUT2D eigenvalue weighted by atomic mass is 9.96. The van der Waals surface area contributed by atoms with Gasteiger partial charge in [0.1, 0.15) is 18.4 Å². The van der Waals surface area contributed by atoms with Crippen LogP contribution in [0.2, 0.25) is 15.1 Å². The van der Waals surface area contributed by atoms with Gasteiger partial charge in [0, 0.05) is 15.6 Å². The molecule has 0 radical (unpaired) electrons. The van der Waals surface area contributed by atoms with Crippen molar-refractivity contribution in [2.75, 3.05) is 13.2 Å². The Hall–Kier alpha value is -2.84. The van der Waals surface area contributed by atoms with Crippen molar-refractivity contribution in [2.24, 2.45) is 4.99 Å². The Balaban J connectivity index is 1.98. The first-order valence-corrected chi connectivity index (χ1v) is 12.9. The van der Waals surface area contributed by atoms with E-state index in [2.05, 4.69) is 11.6 Å². The molecule has 1 aromatic heterocycles. The van der Waals surface area contributed by atoms with Crippen molar-refractivity contribution in [1.82, 2.24) is 4.57 Å². The Morgan fingerprint density at radius 3 is 2.67 bits per heavy atom. The second-order valence-electron chi connectivity index (χ2n) is 7.73. The molecule has 0 aliphatic carbocycles. The van der Waals surface area contributed by atoms with Gasteiger partial charge in [-0.1, -0.05) is 77.0 Å². The zero-order valence-corrected chi connectivity index (χ0v) is 22.5. The van der Waals surface area contributed by atoms with Crippen molar-refractivity contribution >= 4 is 58.2 Å². The number of hydrogen-bond donors (Lipinski definition) is 0. The second-order valence-corrected chi connectivity index (χ2v) is 9.99. The first-order valence-electron chi connectivity index (χ1n) is 10.9. The average Bonchev–Trinajstić information content (AvgIpc) is 3.12. The molecule has 0 amide bonds. The van der Waals surface area contributed by atoms with Gasteiger partial charge in [0.15, 0.2) is 4.80 Å². The van der Waals surface area contributed by atoms with E-state index in [1.54, 1.807) is 62.4 Å². The van der Waals surface area contributed by atoms with Gasteiger partial charge < -0.3 is 9.47 Å². The quantitative estimate of drug-likeness (QED) is 0.288. The maximum absolute atomic E-state index is 13.8. The number of carbonyl (C=O) groups excluding carboxylic acids is 1. The fraction of sp³-hybridized carbons (Fsp3) is 0.192. The normalized spacial score (nSPS) is 15.4. The lowest BCUT2D eigenvalue weighted by Crippen LogP contribution is -2.40. The molecule has 0 N–H and O–H groups in total. The highest BCUT2D eigenvalue weighted by Crippen LogP contribution is 2.35. The molecule has 0 saturated heterocycles. The number of halogens is 3. The summed E-state index contributed by atoms with van der Waals surface area (Å²) in [7, 11) is 0. The van der Waals surface area contributed by atoms with Crippen LogP contribution >= 0.6 is 46.1 Å². The molecule has 6 nitrogen and oxygen atoms in total. The molecule has 0 saturated carbocycles. The van der Waals surface area contributed by atoms with Gasteiger partial charge in [-0.05, 0) is 43.7 Å². The monoisotopic (exact) mass is 562 g/mol. The summed E-state index contributed by atoms with van der Waals surface area (Å²) in [5.41, 5.74) is 1.46. The molecule has 0 bridgehead atoms. The minimum Gasteiger partial charge on any atom is -0.487 e. The van der Waals surface area contributed by atoms with Crippen LogP contribution in [-0.4, -0.2) is 23.8 Å². The van der Waals surface area contributed by atoms with Gasteiger partial charge in [0.05, 0.1) is 27.4 Å². The summed E-state index contributed by atoms with van der Waals surface area (Å²) in [5.74, 6) is -0.183. The molecule has 10 heteroatoms. The van der Waals surface area contributed by atoms with Crippen LogP contribution in [0.25, 0.3) is 6.08 Å². The number of nitrogens with zero attached hydrogens (tertiary/aromatic N) is 2. The van der Waals surface area contributed by atoms with Crippen molar-refractivity contribution < 1.29 is 14.3 Å². The maximum Gasteiger partial charge on any atom is 0.338 e. The van der Waals surface area contributed by atoms with Crippen LogP contribution in [0, 0.1) is 0 Å². The molecule has 0 fully saturated rings. The molecular weight excluding hydrogens is 543 g/mol. The van der Waals surface area contributed by atoms with E-state index in [9.17, 15) is 9.59 Å². The zero-order valence-electron chi connectivity index (χ0n) is 19.4. The fourth-order valence-corrected chi connectivity index (χ4v) is 5.75. The first-order chi connectivity index (χ1) is 17.3. The SMILES string of the molecule is C=CCOc1c(Cl)cc(Cl)cc1/C=c1\sc2n(c1=O)[C@H](c1ccccc1Cl)C(C(=O)OCC)=C(C)N=2. The number of carbonyl (C=O) groups is 1. The topological polar surface area (TPSA) is 69.9 Å². The van der Waals surface area contributed by atoms with Crippen molar-refractivity contribution in [2.45, 2.75) is 19.9 Å². The van der Waals surface area contributed by atoms with E-state index in [1.807, 2.05) is 0 Å². The number of esters is 1. The van der Waals surface area contributed by atoms with Gasteiger partial charge in [-0.2, -0.15) is 0 Å². The highest BCUT2D eigenvalue weighted by atomic mass is 35.5. The first kappa shape index (κ1) is 26.2. The third kappa shape index (κ3) is 5.02. The molecule has 4 rings (SSSR count). The fourth-order valence-electron chi connectivity index (χ4n) is 3.91. The Morgan fingerprint density at radius 2 is 1.97 bits per heavy atom. The smallest absolute Gasteiger partial charge is 0.338 e. The van der Waals surface area contributed by atoms with E-state index in [0.717, 1.165) is 0 Å². The van der Waals surface area contributed by atoms with Gasteiger partial charge in [0.2, 0.25) is 0 Å². The van der Waals surface area contributed by atoms with E-state index in [4.69, 9.17) is 44.3 Å². The summed E-state index contributed by atoms with van der Waals surface area (Å²) in [4.78, 5) is 31.8. The Bertz CT molecular complexity index is 1570. The maximum atomic E-state index is 13.8. The molecule has 186 valence electrons. The van der Waals surface area contributed by atoms with E-state index in [1.165, 1.54) is 15.9 Å². The Kier molecular flexibility index (Phi) is 8.05. The molecule has 1 atom stereocenters. The van der Waals surface area contributed by atoms with E-state index < -0.39 is 12.0 Å². The van der Waals surface area contributed by atoms with Crippen LogP contribution in [0.5, 0.6) is 5.75 Å². The Morgan fingerprint density at radius 1 is 1.22 bits per heavy atom. The third-order valence-electron chi connectivity index (χ3n) is 5.39. The van der Waals surface area contributed by atoms with Crippen LogP contribution in [0.1, 0.15) is 31.0 Å². The van der Waals surface area contributed by atoms with Gasteiger partial charge >= 0.3 is 5.97 Å². The highest BCUT2D eigenvalue weighted by Gasteiger charge is 2.34. The number of aromatic nitrogens is 1. The van der Waals surface area contributed by atoms with E-state index >= 15 is 0 Å². The van der Waals surface area contributed by atoms with Gasteiger partial charge in [0.25, 0.3) is 5.56 Å². The zero-order chi connectivity index (χ0) is 26.0. The molecule has 0 spiro atoms. The summed E-state index contributed by atoms with van der Waals surface area (Å²) >= 11 is 20.3. The average molecular weight is 564 g/mol. The summed E-state index contributed by atoms with van der Waals surface area (Å²) in [6.07, 6.45) is 3.24. The number of fused-ring (bicyclic) bond motifs is 1. The number of thiazole rings is 1. The van der Waals surface area contributed by atoms with Crippen molar-refractivity contribution in [1.29, 1.82) is 0 Å². The van der Waals surface area contributed by atoms with Gasteiger partial charge in [-0.25, -0.2) is 9.79 Å². The van der Waals surface area contributed by atoms with Crippen molar-refractivity contribution in [3.8, 4) is 5.75 Å². The van der Waals surface area contributed by atoms with Crippen LogP contribution in [0.15, 0.2) is 70.1 Å². The highest BCUT2D eigenvalue weighted by molar-refractivity contribution is 7.07. The molecule has 2 aromatic carbocycles. The molecule has 2 heterocycles. The lowest BCUT2D eigenvalue weighted by Gasteiger charge is -2.25. The number of ether oxygens (including phenoxy) is 2. The van der Waals surface area contributed by atoms with E-state index in [0.29, 0.717) is 47.0 Å². The van der Waals surface area contributed by atoms with Crippen molar-refractivity contribution in [3.05, 3.63) is 106 Å². The predicted octanol–water partition coefficient (Wildman–Crippen LogP) is 5.32. The molecule has 1 aliphatic heterocycles. The van der Waals surface area contributed by atoms with Crippen LogP contribution in [0.4, 0.5) is 0 Å². The number of rotatable bonds is 7. The second kappa shape index (κ2) is 11.0. The standard InChI is InChI=1S/C26H21Cl3N2O4S/c1-4-10-35-23-15(11-16(27)13-19(23)29)12-20-24(32)31-22(17-8-6-7-9-18(17)28)21(25(33)34-5-2)14(3)30-26(31)36-20/h4,6-9,11-13,22H,1,5,10H2,2-3H3/b20-12-/t22-/m1/s1. The summed E-state index contributed by atoms with van der Waals surface area (Å²) in [5, 5.41) is 1.10. The number of benzene rings is 2. The minimum absolute atomic E-state index is 0.179. The molecular formula is C26H21Cl3N2O4S. The number of hydrogen-bond acceptors (Lipinski definition) is 6.